The van der Waals surface area contributed by atoms with Gasteiger partial charge in [-0.2, -0.15) is 18.2 Å². The van der Waals surface area contributed by atoms with E-state index in [9.17, 15) is 13.2 Å². The average molecular weight is 474 g/mol. The molecule has 0 saturated heterocycles. The van der Waals surface area contributed by atoms with Crippen LogP contribution >= 0.6 is 12.4 Å². The molecule has 5 rings (SSSR count). The van der Waals surface area contributed by atoms with Crippen LogP contribution in [0.2, 0.25) is 0 Å². The number of nitrogens with one attached hydrogen (secondary N) is 1. The highest BCUT2D eigenvalue weighted by molar-refractivity contribution is 5.86. The predicted molar refractivity (Wildman–Crippen MR) is 123 cm³/mol. The van der Waals surface area contributed by atoms with E-state index in [4.69, 9.17) is 4.52 Å². The Kier molecular flexibility index (Phi) is 6.45. The molecule has 8 heteroatoms. The second-order valence-corrected chi connectivity index (χ2v) is 8.36. The number of hydrogen-bond acceptors (Lipinski definition) is 4. The fourth-order valence-corrected chi connectivity index (χ4v) is 4.38. The van der Waals surface area contributed by atoms with Gasteiger partial charge in [-0.15, -0.1) is 12.4 Å². The van der Waals surface area contributed by atoms with E-state index in [1.54, 1.807) is 6.07 Å². The zero-order chi connectivity index (χ0) is 22.3. The summed E-state index contributed by atoms with van der Waals surface area (Å²) in [6, 6.07) is 20.2. The number of nitrogens with zero attached hydrogens (tertiary/aromatic N) is 2. The number of rotatable bonds is 5. The third-order valence-corrected chi connectivity index (χ3v) is 6.15. The standard InChI is InChI=1S/C25H22F3N3O.ClH/c1-15(21-11-5-7-16-6-2-3-10-22(16)21)29-20-13-18(14-20)24-30-23(31-32-24)17-8-4-9-19(12-17)25(26,27)28;/h2-12,15,18,20,29H,13-14H2,1H3;1H/t15-,18?,20?;/m1./s1. The Hall–Kier alpha value is -2.90. The van der Waals surface area contributed by atoms with Gasteiger partial charge in [0.05, 0.1) is 5.56 Å². The lowest BCUT2D eigenvalue weighted by Crippen LogP contribution is -2.41. The third kappa shape index (κ3) is 4.75. The predicted octanol–water partition coefficient (Wildman–Crippen LogP) is 6.93. The molecule has 0 amide bonds. The van der Waals surface area contributed by atoms with Crippen LogP contribution < -0.4 is 5.32 Å². The van der Waals surface area contributed by atoms with E-state index in [0.29, 0.717) is 17.5 Å². The van der Waals surface area contributed by atoms with Crippen LogP contribution in [-0.4, -0.2) is 16.2 Å². The van der Waals surface area contributed by atoms with Gasteiger partial charge in [0.2, 0.25) is 11.7 Å². The van der Waals surface area contributed by atoms with E-state index in [0.717, 1.165) is 25.0 Å². The fraction of sp³-hybridized carbons (Fsp3) is 0.280. The quantitative estimate of drug-likeness (QED) is 0.341. The number of hydrogen-bond donors (Lipinski definition) is 1. The molecule has 1 heterocycles. The van der Waals surface area contributed by atoms with Crippen molar-refractivity contribution < 1.29 is 17.7 Å². The normalized spacial score (nSPS) is 19.0. The highest BCUT2D eigenvalue weighted by Gasteiger charge is 2.35. The molecule has 0 aliphatic heterocycles. The second-order valence-electron chi connectivity index (χ2n) is 8.36. The van der Waals surface area contributed by atoms with Gasteiger partial charge in [-0.3, -0.25) is 0 Å². The smallest absolute Gasteiger partial charge is 0.339 e. The molecule has 0 spiro atoms. The monoisotopic (exact) mass is 473 g/mol. The van der Waals surface area contributed by atoms with Crippen molar-refractivity contribution in [1.82, 2.24) is 15.5 Å². The Labute approximate surface area is 195 Å². The molecule has 1 aliphatic carbocycles. The Bertz CT molecular complexity index is 1250. The molecular weight excluding hydrogens is 451 g/mol. The highest BCUT2D eigenvalue weighted by Crippen LogP contribution is 2.39. The maximum absolute atomic E-state index is 13.0. The molecule has 1 N–H and O–H groups in total. The van der Waals surface area contributed by atoms with Gasteiger partial charge in [0.1, 0.15) is 0 Å². The lowest BCUT2D eigenvalue weighted by atomic mass is 9.79. The summed E-state index contributed by atoms with van der Waals surface area (Å²) in [5.74, 6) is 0.777. The SMILES string of the molecule is C[C@@H](NC1CC(c2nc(-c3cccc(C(F)(F)F)c3)no2)C1)c1cccc2ccccc12.Cl. The van der Waals surface area contributed by atoms with Crippen LogP contribution in [0, 0.1) is 0 Å². The zero-order valence-electron chi connectivity index (χ0n) is 17.8. The molecule has 172 valence electrons. The molecular formula is C25H23ClF3N3O. The maximum Gasteiger partial charge on any atom is 0.416 e. The van der Waals surface area contributed by atoms with Gasteiger partial charge in [0.15, 0.2) is 0 Å². The van der Waals surface area contributed by atoms with Crippen LogP contribution in [0.15, 0.2) is 71.3 Å². The zero-order valence-corrected chi connectivity index (χ0v) is 18.7. The Morgan fingerprint density at radius 1 is 1.00 bits per heavy atom. The first-order chi connectivity index (χ1) is 15.4. The Balaban J connectivity index is 0.00000259. The first-order valence-corrected chi connectivity index (χ1v) is 10.6. The summed E-state index contributed by atoms with van der Waals surface area (Å²) in [4.78, 5) is 4.37. The molecule has 0 unspecified atom stereocenters. The summed E-state index contributed by atoms with van der Waals surface area (Å²) in [6.45, 7) is 2.16. The van der Waals surface area contributed by atoms with Crippen LogP contribution in [0.3, 0.4) is 0 Å². The van der Waals surface area contributed by atoms with Crippen LogP contribution in [0.4, 0.5) is 13.2 Å². The molecule has 1 saturated carbocycles. The van der Waals surface area contributed by atoms with Crippen molar-refractivity contribution in [2.45, 2.75) is 43.9 Å². The van der Waals surface area contributed by atoms with Crippen molar-refractivity contribution >= 4 is 23.2 Å². The topological polar surface area (TPSA) is 51.0 Å². The number of fused-ring (bicyclic) bond motifs is 1. The van der Waals surface area contributed by atoms with Crippen LogP contribution in [-0.2, 0) is 6.18 Å². The summed E-state index contributed by atoms with van der Waals surface area (Å²) >= 11 is 0. The van der Waals surface area contributed by atoms with Gasteiger partial charge in [-0.25, -0.2) is 0 Å². The highest BCUT2D eigenvalue weighted by atomic mass is 35.5. The average Bonchev–Trinajstić information content (AvgIpc) is 3.24. The molecule has 0 radical (unpaired) electrons. The first-order valence-electron chi connectivity index (χ1n) is 10.6. The summed E-state index contributed by atoms with van der Waals surface area (Å²) in [6.07, 6.45) is -2.71. The summed E-state index contributed by atoms with van der Waals surface area (Å²) in [7, 11) is 0. The molecule has 33 heavy (non-hydrogen) atoms. The number of aromatic nitrogens is 2. The minimum absolute atomic E-state index is 0. The van der Waals surface area contributed by atoms with Crippen molar-refractivity contribution in [2.75, 3.05) is 0 Å². The van der Waals surface area contributed by atoms with Gasteiger partial charge in [-0.05, 0) is 48.2 Å². The molecule has 3 aromatic carbocycles. The van der Waals surface area contributed by atoms with Gasteiger partial charge in [0, 0.05) is 23.6 Å². The van der Waals surface area contributed by atoms with Crippen molar-refractivity contribution in [3.8, 4) is 11.4 Å². The molecule has 1 aliphatic rings. The molecule has 4 nitrogen and oxygen atoms in total. The molecule has 1 fully saturated rings. The minimum atomic E-state index is -4.41. The van der Waals surface area contributed by atoms with Crippen molar-refractivity contribution in [3.05, 3.63) is 83.7 Å². The van der Waals surface area contributed by atoms with Gasteiger partial charge in [-0.1, -0.05) is 59.8 Å². The molecule has 1 atom stereocenters. The maximum atomic E-state index is 13.0. The van der Waals surface area contributed by atoms with Gasteiger partial charge >= 0.3 is 6.18 Å². The number of halogens is 4. The van der Waals surface area contributed by atoms with E-state index in [1.165, 1.54) is 22.4 Å². The lowest BCUT2D eigenvalue weighted by Gasteiger charge is -2.36. The summed E-state index contributed by atoms with van der Waals surface area (Å²) < 4.78 is 44.3. The van der Waals surface area contributed by atoms with Crippen molar-refractivity contribution in [3.63, 3.8) is 0 Å². The Morgan fingerprint density at radius 3 is 2.52 bits per heavy atom. The van der Waals surface area contributed by atoms with Gasteiger partial charge in [0.25, 0.3) is 0 Å². The van der Waals surface area contributed by atoms with Crippen molar-refractivity contribution in [2.24, 2.45) is 0 Å². The second kappa shape index (κ2) is 9.15. The van der Waals surface area contributed by atoms with Crippen LogP contribution in [0.1, 0.15) is 48.7 Å². The largest absolute Gasteiger partial charge is 0.416 e. The van der Waals surface area contributed by atoms with E-state index in [-0.39, 0.29) is 30.2 Å². The van der Waals surface area contributed by atoms with E-state index in [1.807, 2.05) is 6.07 Å². The third-order valence-electron chi connectivity index (χ3n) is 6.15. The lowest BCUT2D eigenvalue weighted by molar-refractivity contribution is -0.137. The van der Waals surface area contributed by atoms with Gasteiger partial charge < -0.3 is 9.84 Å². The number of alkyl halides is 3. The van der Waals surface area contributed by atoms with Crippen LogP contribution in [0.25, 0.3) is 22.2 Å². The Morgan fingerprint density at radius 2 is 1.73 bits per heavy atom. The molecule has 0 bridgehead atoms. The fourth-order valence-electron chi connectivity index (χ4n) is 4.38. The molecule has 1 aromatic heterocycles. The van der Waals surface area contributed by atoms with E-state index < -0.39 is 11.7 Å². The van der Waals surface area contributed by atoms with Crippen LogP contribution in [0.5, 0.6) is 0 Å². The molecule has 4 aromatic rings. The van der Waals surface area contributed by atoms with E-state index in [2.05, 4.69) is 58.8 Å². The first kappa shape index (κ1) is 23.3. The van der Waals surface area contributed by atoms with Crippen molar-refractivity contribution in [1.29, 1.82) is 0 Å². The summed E-state index contributed by atoms with van der Waals surface area (Å²) in [5.41, 5.74) is 0.834. The summed E-state index contributed by atoms with van der Waals surface area (Å²) in [5, 5.41) is 10.0. The minimum Gasteiger partial charge on any atom is -0.339 e. The van der Waals surface area contributed by atoms with E-state index >= 15 is 0 Å². The number of benzene rings is 3.